The summed E-state index contributed by atoms with van der Waals surface area (Å²) in [5.74, 6) is 0.669. The third kappa shape index (κ3) is 8.02. The zero-order valence-corrected chi connectivity index (χ0v) is 14.3. The largest absolute Gasteiger partial charge is 0.355 e. The van der Waals surface area contributed by atoms with E-state index in [2.05, 4.69) is 27.1 Å². The van der Waals surface area contributed by atoms with Crippen LogP contribution in [0.1, 0.15) is 26.2 Å². The average Bonchev–Trinajstić information content (AvgIpc) is 2.49. The first-order chi connectivity index (χ1) is 10.5. The number of carbonyl (C=O) groups is 1. The summed E-state index contributed by atoms with van der Waals surface area (Å²) in [5, 5.41) is 6.50. The average molecular weight is 309 g/mol. The highest BCUT2D eigenvalue weighted by Crippen LogP contribution is 2.07. The first-order valence-corrected chi connectivity index (χ1v) is 8.08. The maximum absolute atomic E-state index is 11.6. The molecule has 0 saturated carbocycles. The van der Waals surface area contributed by atoms with Crippen molar-refractivity contribution in [3.63, 3.8) is 0 Å². The van der Waals surface area contributed by atoms with Crippen LogP contribution in [-0.2, 0) is 4.79 Å². The topological polar surface area (TPSA) is 60.0 Å². The highest BCUT2D eigenvalue weighted by molar-refractivity contribution is 5.84. The van der Waals surface area contributed by atoms with Crippen molar-refractivity contribution in [2.75, 3.05) is 53.4 Å². The van der Waals surface area contributed by atoms with Crippen LogP contribution in [0.2, 0.25) is 0 Å². The fourth-order valence-electron chi connectivity index (χ4n) is 2.21. The van der Waals surface area contributed by atoms with E-state index < -0.39 is 0 Å². The molecule has 0 spiro atoms. The lowest BCUT2D eigenvalue weighted by Gasteiger charge is -2.26. The van der Waals surface area contributed by atoms with Crippen LogP contribution in [0.5, 0.6) is 0 Å². The van der Waals surface area contributed by atoms with E-state index in [0.717, 1.165) is 18.7 Å². The van der Waals surface area contributed by atoms with Crippen LogP contribution in [0.15, 0.2) is 17.1 Å². The Hall–Kier alpha value is -1.56. The Balaban J connectivity index is 2.40. The fraction of sp³-hybridized carbons (Fsp3) is 0.750. The van der Waals surface area contributed by atoms with Gasteiger partial charge in [0.1, 0.15) is 6.54 Å². The molecule has 1 fully saturated rings. The Labute approximate surface area is 134 Å². The highest BCUT2D eigenvalue weighted by Gasteiger charge is 2.10. The summed E-state index contributed by atoms with van der Waals surface area (Å²) in [6.45, 7) is 10.9. The third-order valence-corrected chi connectivity index (χ3v) is 3.60. The van der Waals surface area contributed by atoms with Crippen LogP contribution in [0, 0.1) is 0 Å². The van der Waals surface area contributed by atoms with Gasteiger partial charge in [-0.25, -0.2) is 4.99 Å². The smallest absolute Gasteiger partial charge is 0.243 e. The molecule has 0 bridgehead atoms. The van der Waals surface area contributed by atoms with E-state index in [9.17, 15) is 4.79 Å². The van der Waals surface area contributed by atoms with E-state index in [1.165, 1.54) is 32.4 Å². The second kappa shape index (κ2) is 10.2. The summed E-state index contributed by atoms with van der Waals surface area (Å²) in [5.41, 5.74) is 1.03. The normalized spacial score (nSPS) is 16.2. The van der Waals surface area contributed by atoms with Gasteiger partial charge in [0.2, 0.25) is 5.91 Å². The summed E-state index contributed by atoms with van der Waals surface area (Å²) in [6.07, 6.45) is 3.95. The monoisotopic (exact) mass is 309 g/mol. The van der Waals surface area contributed by atoms with Gasteiger partial charge in [-0.15, -0.1) is 0 Å². The molecule has 1 rings (SSSR count). The number of amides is 1. The minimum atomic E-state index is -0.00699. The summed E-state index contributed by atoms with van der Waals surface area (Å²) < 4.78 is 0. The first-order valence-electron chi connectivity index (χ1n) is 8.08. The molecular formula is C16H31N5O. The van der Waals surface area contributed by atoms with Crippen molar-refractivity contribution in [1.82, 2.24) is 20.4 Å². The Kier molecular flexibility index (Phi) is 8.58. The molecule has 0 unspecified atom stereocenters. The van der Waals surface area contributed by atoms with Crippen molar-refractivity contribution in [2.24, 2.45) is 4.99 Å². The summed E-state index contributed by atoms with van der Waals surface area (Å²) >= 11 is 0. The second-order valence-electron chi connectivity index (χ2n) is 6.09. The van der Waals surface area contributed by atoms with E-state index in [4.69, 9.17) is 0 Å². The molecule has 1 amide bonds. The van der Waals surface area contributed by atoms with Gasteiger partial charge in [-0.2, -0.15) is 0 Å². The molecule has 126 valence electrons. The fourth-order valence-corrected chi connectivity index (χ4v) is 2.21. The van der Waals surface area contributed by atoms with Gasteiger partial charge in [0.15, 0.2) is 5.96 Å². The van der Waals surface area contributed by atoms with Crippen LogP contribution in [0.4, 0.5) is 0 Å². The molecule has 0 atom stereocenters. The zero-order valence-electron chi connectivity index (χ0n) is 14.3. The van der Waals surface area contributed by atoms with Gasteiger partial charge in [-0.3, -0.25) is 4.79 Å². The van der Waals surface area contributed by atoms with Crippen molar-refractivity contribution in [3.8, 4) is 0 Å². The highest BCUT2D eigenvalue weighted by atomic mass is 16.2. The third-order valence-electron chi connectivity index (χ3n) is 3.60. The Morgan fingerprint density at radius 2 is 1.91 bits per heavy atom. The van der Waals surface area contributed by atoms with Gasteiger partial charge in [0.25, 0.3) is 0 Å². The van der Waals surface area contributed by atoms with Crippen molar-refractivity contribution >= 4 is 11.9 Å². The molecule has 1 saturated heterocycles. The molecular weight excluding hydrogens is 278 g/mol. The van der Waals surface area contributed by atoms with Crippen LogP contribution >= 0.6 is 0 Å². The summed E-state index contributed by atoms with van der Waals surface area (Å²) in [7, 11) is 3.48. The lowest BCUT2D eigenvalue weighted by molar-refractivity contribution is -0.127. The Bertz CT molecular complexity index is 386. The molecule has 0 radical (unpaired) electrons. The molecule has 0 aliphatic carbocycles. The lowest BCUT2D eigenvalue weighted by atomic mass is 10.1. The second-order valence-corrected chi connectivity index (χ2v) is 6.09. The quantitative estimate of drug-likeness (QED) is 0.412. The van der Waals surface area contributed by atoms with Crippen molar-refractivity contribution in [2.45, 2.75) is 26.2 Å². The zero-order chi connectivity index (χ0) is 16.4. The molecule has 0 aromatic rings. The van der Waals surface area contributed by atoms with Crippen LogP contribution < -0.4 is 10.6 Å². The number of likely N-dealkylation sites (tertiary alicyclic amines) is 1. The predicted octanol–water partition coefficient (Wildman–Crippen LogP) is 0.672. The van der Waals surface area contributed by atoms with Crippen molar-refractivity contribution in [3.05, 3.63) is 12.2 Å². The van der Waals surface area contributed by atoms with Gasteiger partial charge in [-0.1, -0.05) is 18.6 Å². The molecule has 0 aromatic heterocycles. The maximum atomic E-state index is 11.6. The van der Waals surface area contributed by atoms with E-state index >= 15 is 0 Å². The number of nitrogens with one attached hydrogen (secondary N) is 2. The molecule has 22 heavy (non-hydrogen) atoms. The number of guanidine groups is 1. The maximum Gasteiger partial charge on any atom is 0.243 e. The molecule has 6 nitrogen and oxygen atoms in total. The van der Waals surface area contributed by atoms with E-state index in [-0.39, 0.29) is 12.5 Å². The number of hydrogen-bond donors (Lipinski definition) is 2. The number of nitrogens with zero attached hydrogens (tertiary/aromatic N) is 3. The summed E-state index contributed by atoms with van der Waals surface area (Å²) in [6, 6.07) is 0. The lowest BCUT2D eigenvalue weighted by Crippen LogP contribution is -2.43. The minimum absolute atomic E-state index is 0.00699. The Morgan fingerprint density at radius 1 is 1.23 bits per heavy atom. The van der Waals surface area contributed by atoms with Crippen LogP contribution in [0.3, 0.4) is 0 Å². The number of rotatable bonds is 7. The number of piperidine rings is 1. The number of carbonyl (C=O) groups excluding carboxylic acids is 1. The van der Waals surface area contributed by atoms with Gasteiger partial charge in [0.05, 0.1) is 0 Å². The van der Waals surface area contributed by atoms with Crippen molar-refractivity contribution < 1.29 is 4.79 Å². The van der Waals surface area contributed by atoms with Crippen LogP contribution in [-0.4, -0.2) is 75.0 Å². The number of aliphatic imine (C=N–C) groups is 1. The van der Waals surface area contributed by atoms with Gasteiger partial charge in [0, 0.05) is 33.7 Å². The van der Waals surface area contributed by atoms with Crippen molar-refractivity contribution in [1.29, 1.82) is 0 Å². The number of hydrogen-bond acceptors (Lipinski definition) is 3. The van der Waals surface area contributed by atoms with E-state index in [1.807, 2.05) is 6.92 Å². The standard InChI is InChI=1S/C16H31N5O/c1-14(2)12-18-16(19-13-15(22)20(3)4)17-8-11-21-9-6-5-7-10-21/h1,5-13H2,2-4H3,(H2,17,18,19). The Morgan fingerprint density at radius 3 is 2.50 bits per heavy atom. The molecule has 0 aromatic carbocycles. The van der Waals surface area contributed by atoms with Gasteiger partial charge >= 0.3 is 0 Å². The van der Waals surface area contributed by atoms with E-state index in [1.54, 1.807) is 19.0 Å². The molecule has 1 aliphatic rings. The molecule has 6 heteroatoms. The van der Waals surface area contributed by atoms with Crippen LogP contribution in [0.25, 0.3) is 0 Å². The first kappa shape index (κ1) is 18.5. The predicted molar refractivity (Wildman–Crippen MR) is 92.1 cm³/mol. The molecule has 2 N–H and O–H groups in total. The molecule has 1 heterocycles. The SMILES string of the molecule is C=C(C)CNC(=NCC(=O)N(C)C)NCCN1CCCCC1. The minimum Gasteiger partial charge on any atom is -0.355 e. The summed E-state index contributed by atoms with van der Waals surface area (Å²) in [4.78, 5) is 20.0. The van der Waals surface area contributed by atoms with Gasteiger partial charge in [-0.05, 0) is 32.9 Å². The van der Waals surface area contributed by atoms with Gasteiger partial charge < -0.3 is 20.4 Å². The molecule has 1 aliphatic heterocycles. The van der Waals surface area contributed by atoms with E-state index in [0.29, 0.717) is 12.5 Å². The number of likely N-dealkylation sites (N-methyl/N-ethyl adjacent to an activating group) is 1.